The highest BCUT2D eigenvalue weighted by molar-refractivity contribution is 7.89. The lowest BCUT2D eigenvalue weighted by molar-refractivity contribution is -0.917. The zero-order valence-corrected chi connectivity index (χ0v) is 18.8. The Bertz CT molecular complexity index is 1030. The molecule has 31 heavy (non-hydrogen) atoms. The molecule has 0 unspecified atom stereocenters. The second kappa shape index (κ2) is 9.59. The first-order valence-electron chi connectivity index (χ1n) is 10.3. The smallest absolute Gasteiger partial charge is 0.282 e. The number of quaternary nitrogens is 1. The summed E-state index contributed by atoms with van der Waals surface area (Å²) in [6.45, 7) is 7.06. The molecule has 0 saturated carbocycles. The number of nitrogens with zero attached hydrogens (tertiary/aromatic N) is 1. The number of hydrogen-bond acceptors (Lipinski definition) is 4. The SMILES string of the molecule is CC(=O)Nc1ccc(NC(=O)[C@@H](C)[NH+]2CCN(S(=O)(=O)c3ccc(C)cc3)CC2)cc1. The van der Waals surface area contributed by atoms with E-state index in [1.165, 1.54) is 11.2 Å². The lowest BCUT2D eigenvalue weighted by atomic mass is 10.2. The van der Waals surface area contributed by atoms with Gasteiger partial charge >= 0.3 is 0 Å². The molecule has 0 bridgehead atoms. The lowest BCUT2D eigenvalue weighted by Crippen LogP contribution is -3.19. The van der Waals surface area contributed by atoms with Crippen molar-refractivity contribution in [3.63, 3.8) is 0 Å². The molecule has 1 saturated heterocycles. The maximum absolute atomic E-state index is 12.9. The van der Waals surface area contributed by atoms with Gasteiger partial charge in [0.05, 0.1) is 31.1 Å². The van der Waals surface area contributed by atoms with Gasteiger partial charge < -0.3 is 15.5 Å². The zero-order chi connectivity index (χ0) is 22.6. The summed E-state index contributed by atoms with van der Waals surface area (Å²) in [7, 11) is -3.52. The molecule has 2 aromatic carbocycles. The quantitative estimate of drug-likeness (QED) is 0.614. The minimum Gasteiger partial charge on any atom is -0.326 e. The minimum absolute atomic E-state index is 0.128. The van der Waals surface area contributed by atoms with E-state index in [0.717, 1.165) is 10.5 Å². The molecule has 1 atom stereocenters. The van der Waals surface area contributed by atoms with E-state index in [9.17, 15) is 18.0 Å². The molecular formula is C22H29N4O4S+. The molecule has 9 heteroatoms. The average molecular weight is 446 g/mol. The number of carbonyl (C=O) groups excluding carboxylic acids is 2. The van der Waals surface area contributed by atoms with Gasteiger partial charge in [0, 0.05) is 18.3 Å². The van der Waals surface area contributed by atoms with Crippen molar-refractivity contribution in [2.75, 3.05) is 36.8 Å². The fraction of sp³-hybridized carbons (Fsp3) is 0.364. The Labute approximate surface area is 183 Å². The standard InChI is InChI=1S/C22H28N4O4S/c1-16-4-10-21(11-5-16)31(29,30)26-14-12-25(13-15-26)17(2)22(28)24-20-8-6-19(7-9-20)23-18(3)27/h4-11,17H,12-15H2,1-3H3,(H,23,27)(H,24,28)/p+1/t17-/m1/s1. The highest BCUT2D eigenvalue weighted by Gasteiger charge is 2.34. The predicted molar refractivity (Wildman–Crippen MR) is 119 cm³/mol. The predicted octanol–water partition coefficient (Wildman–Crippen LogP) is 0.870. The second-order valence-electron chi connectivity index (χ2n) is 7.84. The van der Waals surface area contributed by atoms with Gasteiger partial charge in [-0.05, 0) is 50.2 Å². The van der Waals surface area contributed by atoms with Gasteiger partial charge in [-0.2, -0.15) is 4.31 Å². The number of benzene rings is 2. The van der Waals surface area contributed by atoms with Gasteiger partial charge in [0.2, 0.25) is 15.9 Å². The third-order valence-electron chi connectivity index (χ3n) is 5.50. The van der Waals surface area contributed by atoms with E-state index in [1.807, 2.05) is 13.8 Å². The van der Waals surface area contributed by atoms with E-state index < -0.39 is 10.0 Å². The van der Waals surface area contributed by atoms with E-state index >= 15 is 0 Å². The summed E-state index contributed by atoms with van der Waals surface area (Å²) in [5, 5.41) is 5.57. The van der Waals surface area contributed by atoms with Gasteiger partial charge in [0.1, 0.15) is 0 Å². The molecule has 166 valence electrons. The summed E-state index contributed by atoms with van der Waals surface area (Å²) in [6, 6.07) is 13.5. The molecule has 1 aliphatic heterocycles. The molecule has 3 N–H and O–H groups in total. The third-order valence-corrected chi connectivity index (χ3v) is 7.41. The molecule has 0 spiro atoms. The Kier molecular flexibility index (Phi) is 7.09. The molecule has 0 aliphatic carbocycles. The number of hydrogen-bond donors (Lipinski definition) is 3. The number of carbonyl (C=O) groups is 2. The minimum atomic E-state index is -3.52. The Morgan fingerprint density at radius 2 is 1.45 bits per heavy atom. The summed E-state index contributed by atoms with van der Waals surface area (Å²) in [5.41, 5.74) is 2.32. The van der Waals surface area contributed by atoms with Crippen molar-refractivity contribution in [3.8, 4) is 0 Å². The molecular weight excluding hydrogens is 416 g/mol. The van der Waals surface area contributed by atoms with Crippen molar-refractivity contribution in [2.45, 2.75) is 31.7 Å². The van der Waals surface area contributed by atoms with Gasteiger partial charge in [-0.15, -0.1) is 0 Å². The molecule has 2 aromatic rings. The molecule has 1 fully saturated rings. The van der Waals surface area contributed by atoms with Gasteiger partial charge in [-0.25, -0.2) is 8.42 Å². The summed E-state index contributed by atoms with van der Waals surface area (Å²) >= 11 is 0. The zero-order valence-electron chi connectivity index (χ0n) is 18.0. The van der Waals surface area contributed by atoms with Crippen LogP contribution >= 0.6 is 0 Å². The van der Waals surface area contributed by atoms with Crippen molar-refractivity contribution in [2.24, 2.45) is 0 Å². The van der Waals surface area contributed by atoms with Gasteiger partial charge in [-0.3, -0.25) is 9.59 Å². The topological polar surface area (TPSA) is 100 Å². The van der Waals surface area contributed by atoms with Crippen LogP contribution in [0.3, 0.4) is 0 Å². The van der Waals surface area contributed by atoms with Crippen molar-refractivity contribution in [3.05, 3.63) is 54.1 Å². The third kappa shape index (κ3) is 5.69. The van der Waals surface area contributed by atoms with Crippen LogP contribution in [-0.2, 0) is 19.6 Å². The normalized spacial score (nSPS) is 16.5. The number of aryl methyl sites for hydroxylation is 1. The van der Waals surface area contributed by atoms with Crippen LogP contribution in [0.2, 0.25) is 0 Å². The van der Waals surface area contributed by atoms with E-state index in [2.05, 4.69) is 10.6 Å². The number of sulfonamides is 1. The first kappa shape index (κ1) is 22.9. The molecule has 2 amide bonds. The van der Waals surface area contributed by atoms with Gasteiger partial charge in [-0.1, -0.05) is 17.7 Å². The monoisotopic (exact) mass is 445 g/mol. The first-order chi connectivity index (χ1) is 14.7. The molecule has 1 heterocycles. The van der Waals surface area contributed by atoms with E-state index in [0.29, 0.717) is 42.4 Å². The van der Waals surface area contributed by atoms with Crippen LogP contribution in [0.1, 0.15) is 19.4 Å². The van der Waals surface area contributed by atoms with Crippen molar-refractivity contribution >= 4 is 33.2 Å². The molecule has 1 aliphatic rings. The van der Waals surface area contributed by atoms with E-state index in [4.69, 9.17) is 0 Å². The van der Waals surface area contributed by atoms with Crippen LogP contribution in [0.15, 0.2) is 53.4 Å². The fourth-order valence-corrected chi connectivity index (χ4v) is 5.02. The van der Waals surface area contributed by atoms with Crippen LogP contribution in [0.4, 0.5) is 11.4 Å². The molecule has 3 rings (SSSR count). The Morgan fingerprint density at radius 3 is 1.97 bits per heavy atom. The van der Waals surface area contributed by atoms with Crippen molar-refractivity contribution < 1.29 is 22.9 Å². The second-order valence-corrected chi connectivity index (χ2v) is 9.78. The maximum Gasteiger partial charge on any atom is 0.282 e. The number of anilines is 2. The number of amides is 2. The highest BCUT2D eigenvalue weighted by Crippen LogP contribution is 2.16. The number of piperazine rings is 1. The van der Waals surface area contributed by atoms with Crippen LogP contribution in [-0.4, -0.2) is 56.8 Å². The molecule has 0 aromatic heterocycles. The average Bonchev–Trinajstić information content (AvgIpc) is 2.74. The largest absolute Gasteiger partial charge is 0.326 e. The lowest BCUT2D eigenvalue weighted by Gasteiger charge is -2.34. The number of rotatable bonds is 6. The van der Waals surface area contributed by atoms with Crippen LogP contribution in [0.5, 0.6) is 0 Å². The van der Waals surface area contributed by atoms with E-state index in [1.54, 1.807) is 48.5 Å². The summed E-state index contributed by atoms with van der Waals surface area (Å²) in [4.78, 5) is 25.1. The summed E-state index contributed by atoms with van der Waals surface area (Å²) in [6.07, 6.45) is 0. The Hall–Kier alpha value is -2.75. The van der Waals surface area contributed by atoms with Crippen molar-refractivity contribution in [1.82, 2.24) is 4.31 Å². The Morgan fingerprint density at radius 1 is 0.935 bits per heavy atom. The fourth-order valence-electron chi connectivity index (χ4n) is 3.58. The van der Waals surface area contributed by atoms with Crippen LogP contribution in [0, 0.1) is 6.92 Å². The van der Waals surface area contributed by atoms with Crippen LogP contribution < -0.4 is 15.5 Å². The molecule has 8 nitrogen and oxygen atoms in total. The van der Waals surface area contributed by atoms with Gasteiger partial charge in [0.15, 0.2) is 6.04 Å². The molecule has 0 radical (unpaired) electrons. The van der Waals surface area contributed by atoms with E-state index in [-0.39, 0.29) is 17.9 Å². The van der Waals surface area contributed by atoms with Gasteiger partial charge in [0.25, 0.3) is 5.91 Å². The summed E-state index contributed by atoms with van der Waals surface area (Å²) < 4.78 is 27.2. The first-order valence-corrected chi connectivity index (χ1v) is 11.7. The Balaban J connectivity index is 1.55. The van der Waals surface area contributed by atoms with Crippen molar-refractivity contribution in [1.29, 1.82) is 0 Å². The highest BCUT2D eigenvalue weighted by atomic mass is 32.2. The number of nitrogens with one attached hydrogen (secondary N) is 3. The summed E-state index contributed by atoms with van der Waals surface area (Å²) in [5.74, 6) is -0.283. The maximum atomic E-state index is 12.9. The van der Waals surface area contributed by atoms with Crippen LogP contribution in [0.25, 0.3) is 0 Å².